The number of hydrogen-bond acceptors (Lipinski definition) is 3. The molecule has 0 atom stereocenters. The average molecular weight is 312 g/mol. The highest BCUT2D eigenvalue weighted by Crippen LogP contribution is 2.18. The van der Waals surface area contributed by atoms with Crippen molar-refractivity contribution < 1.29 is 13.2 Å². The lowest BCUT2D eigenvalue weighted by molar-refractivity contribution is 0.0792. The van der Waals surface area contributed by atoms with E-state index in [1.165, 1.54) is 6.07 Å². The molecule has 0 aromatic heterocycles. The van der Waals surface area contributed by atoms with Gasteiger partial charge in [-0.3, -0.25) is 4.79 Å². The standard InChI is InChI=1S/C15H24N2O3S/c1-4-6-7-10-17(3)15(18)13-9-8-12(5-2)14(11-13)21(16,19)20/h8-9,11H,4-7,10H2,1-3H3,(H2,16,19,20). The minimum absolute atomic E-state index is 0.0396. The van der Waals surface area contributed by atoms with Crippen LogP contribution < -0.4 is 5.14 Å². The Morgan fingerprint density at radius 1 is 1.24 bits per heavy atom. The van der Waals surface area contributed by atoms with Crippen LogP contribution in [0.1, 0.15) is 49.0 Å². The zero-order valence-electron chi connectivity index (χ0n) is 12.9. The first-order valence-corrected chi connectivity index (χ1v) is 8.77. The molecule has 0 bridgehead atoms. The maximum absolute atomic E-state index is 12.3. The van der Waals surface area contributed by atoms with Crippen molar-refractivity contribution in [2.24, 2.45) is 5.14 Å². The van der Waals surface area contributed by atoms with Crippen LogP contribution in [-0.2, 0) is 16.4 Å². The van der Waals surface area contributed by atoms with E-state index < -0.39 is 10.0 Å². The molecule has 5 nitrogen and oxygen atoms in total. The zero-order chi connectivity index (χ0) is 16.0. The van der Waals surface area contributed by atoms with E-state index >= 15 is 0 Å². The van der Waals surface area contributed by atoms with Gasteiger partial charge in [-0.15, -0.1) is 0 Å². The molecule has 2 N–H and O–H groups in total. The van der Waals surface area contributed by atoms with Gasteiger partial charge in [-0.1, -0.05) is 32.8 Å². The van der Waals surface area contributed by atoms with Crippen LogP contribution in [-0.4, -0.2) is 32.8 Å². The molecule has 1 amide bonds. The van der Waals surface area contributed by atoms with Gasteiger partial charge in [0.1, 0.15) is 0 Å². The molecule has 0 heterocycles. The van der Waals surface area contributed by atoms with E-state index in [0.717, 1.165) is 19.3 Å². The number of hydrogen-bond donors (Lipinski definition) is 1. The van der Waals surface area contributed by atoms with E-state index in [0.29, 0.717) is 24.1 Å². The number of sulfonamides is 1. The second-order valence-corrected chi connectivity index (χ2v) is 6.68. The van der Waals surface area contributed by atoms with E-state index in [2.05, 4.69) is 6.92 Å². The molecule has 0 fully saturated rings. The number of benzene rings is 1. The largest absolute Gasteiger partial charge is 0.342 e. The van der Waals surface area contributed by atoms with Gasteiger partial charge in [0, 0.05) is 19.2 Å². The van der Waals surface area contributed by atoms with Gasteiger partial charge in [0.05, 0.1) is 4.90 Å². The topological polar surface area (TPSA) is 80.5 Å². The first-order valence-electron chi connectivity index (χ1n) is 7.22. The molecular weight excluding hydrogens is 288 g/mol. The van der Waals surface area contributed by atoms with Gasteiger partial charge in [0.2, 0.25) is 10.0 Å². The quantitative estimate of drug-likeness (QED) is 0.783. The smallest absolute Gasteiger partial charge is 0.253 e. The van der Waals surface area contributed by atoms with E-state index in [-0.39, 0.29) is 10.8 Å². The molecule has 0 saturated heterocycles. The fourth-order valence-corrected chi connectivity index (χ4v) is 3.03. The summed E-state index contributed by atoms with van der Waals surface area (Å²) in [5.74, 6) is -0.182. The Morgan fingerprint density at radius 3 is 2.43 bits per heavy atom. The lowest BCUT2D eigenvalue weighted by Crippen LogP contribution is -2.28. The molecule has 0 aliphatic heterocycles. The first kappa shape index (κ1) is 17.7. The van der Waals surface area contributed by atoms with Crippen LogP contribution in [0.3, 0.4) is 0 Å². The van der Waals surface area contributed by atoms with E-state index in [9.17, 15) is 13.2 Å². The van der Waals surface area contributed by atoms with Gasteiger partial charge in [0.15, 0.2) is 0 Å². The lowest BCUT2D eigenvalue weighted by atomic mass is 10.1. The Bertz CT molecular complexity index is 597. The van der Waals surface area contributed by atoms with Crippen molar-refractivity contribution >= 4 is 15.9 Å². The van der Waals surface area contributed by atoms with Crippen molar-refractivity contribution in [3.63, 3.8) is 0 Å². The molecule has 0 radical (unpaired) electrons. The molecule has 0 aliphatic carbocycles. The number of carbonyl (C=O) groups is 1. The van der Waals surface area contributed by atoms with Crippen LogP contribution in [0.5, 0.6) is 0 Å². The average Bonchev–Trinajstić information content (AvgIpc) is 2.45. The van der Waals surface area contributed by atoms with Crippen molar-refractivity contribution in [3.05, 3.63) is 29.3 Å². The normalized spacial score (nSPS) is 11.4. The monoisotopic (exact) mass is 312 g/mol. The van der Waals surface area contributed by atoms with E-state index in [1.807, 2.05) is 6.92 Å². The number of unbranched alkanes of at least 4 members (excludes halogenated alkanes) is 2. The van der Waals surface area contributed by atoms with Gasteiger partial charge in [-0.05, 0) is 30.5 Å². The zero-order valence-corrected chi connectivity index (χ0v) is 13.7. The van der Waals surface area contributed by atoms with Crippen LogP contribution in [0.25, 0.3) is 0 Å². The van der Waals surface area contributed by atoms with E-state index in [1.54, 1.807) is 24.1 Å². The van der Waals surface area contributed by atoms with Gasteiger partial charge < -0.3 is 4.90 Å². The summed E-state index contributed by atoms with van der Waals surface area (Å²) >= 11 is 0. The molecule has 0 saturated carbocycles. The molecule has 118 valence electrons. The summed E-state index contributed by atoms with van der Waals surface area (Å²) in [6.45, 7) is 4.61. The Balaban J connectivity index is 3.01. The van der Waals surface area contributed by atoms with Gasteiger partial charge >= 0.3 is 0 Å². The van der Waals surface area contributed by atoms with Crippen molar-refractivity contribution in [1.82, 2.24) is 4.90 Å². The summed E-state index contributed by atoms with van der Waals surface area (Å²) in [6.07, 6.45) is 3.64. The highest BCUT2D eigenvalue weighted by Gasteiger charge is 2.18. The van der Waals surface area contributed by atoms with Crippen LogP contribution in [0.4, 0.5) is 0 Å². The Kier molecular flexibility index (Phi) is 6.36. The summed E-state index contributed by atoms with van der Waals surface area (Å²) < 4.78 is 23.2. The fraction of sp³-hybridized carbons (Fsp3) is 0.533. The molecule has 0 unspecified atom stereocenters. The minimum Gasteiger partial charge on any atom is -0.342 e. The second kappa shape index (κ2) is 7.56. The number of aryl methyl sites for hydroxylation is 1. The fourth-order valence-electron chi connectivity index (χ4n) is 2.17. The third-order valence-electron chi connectivity index (χ3n) is 3.45. The number of rotatable bonds is 7. The minimum atomic E-state index is -3.82. The predicted octanol–water partition coefficient (Wildman–Crippen LogP) is 2.16. The number of amides is 1. The van der Waals surface area contributed by atoms with Gasteiger partial charge in [0.25, 0.3) is 5.91 Å². The first-order chi connectivity index (χ1) is 9.81. The van der Waals surface area contributed by atoms with Crippen LogP contribution >= 0.6 is 0 Å². The highest BCUT2D eigenvalue weighted by molar-refractivity contribution is 7.89. The summed E-state index contributed by atoms with van der Waals surface area (Å²) in [6, 6.07) is 4.70. The number of carbonyl (C=O) groups excluding carboxylic acids is 1. The Labute approximate surface area is 127 Å². The number of nitrogens with zero attached hydrogens (tertiary/aromatic N) is 1. The van der Waals surface area contributed by atoms with Crippen molar-refractivity contribution in [1.29, 1.82) is 0 Å². The van der Waals surface area contributed by atoms with Crippen LogP contribution in [0.15, 0.2) is 23.1 Å². The molecule has 1 aromatic rings. The third-order valence-corrected chi connectivity index (χ3v) is 4.44. The SMILES string of the molecule is CCCCCN(C)C(=O)c1ccc(CC)c(S(N)(=O)=O)c1. The summed E-state index contributed by atoms with van der Waals surface area (Å²) in [5.41, 5.74) is 0.984. The molecule has 1 aromatic carbocycles. The number of nitrogens with two attached hydrogens (primary N) is 1. The molecule has 0 aliphatic rings. The van der Waals surface area contributed by atoms with Crippen molar-refractivity contribution in [2.75, 3.05) is 13.6 Å². The van der Waals surface area contributed by atoms with Gasteiger partial charge in [-0.2, -0.15) is 0 Å². The highest BCUT2D eigenvalue weighted by atomic mass is 32.2. The van der Waals surface area contributed by atoms with Crippen LogP contribution in [0.2, 0.25) is 0 Å². The molecule has 21 heavy (non-hydrogen) atoms. The van der Waals surface area contributed by atoms with Crippen LogP contribution in [0, 0.1) is 0 Å². The summed E-state index contributed by atoms with van der Waals surface area (Å²) in [5, 5.41) is 5.22. The molecule has 6 heteroatoms. The van der Waals surface area contributed by atoms with Crippen molar-refractivity contribution in [3.8, 4) is 0 Å². The third kappa shape index (κ3) is 4.82. The van der Waals surface area contributed by atoms with Crippen molar-refractivity contribution in [2.45, 2.75) is 44.4 Å². The lowest BCUT2D eigenvalue weighted by Gasteiger charge is -2.18. The summed E-state index contributed by atoms with van der Waals surface area (Å²) in [4.78, 5) is 14.0. The van der Waals surface area contributed by atoms with Gasteiger partial charge in [-0.25, -0.2) is 13.6 Å². The van der Waals surface area contributed by atoms with E-state index in [4.69, 9.17) is 5.14 Å². The Hall–Kier alpha value is -1.40. The Morgan fingerprint density at radius 2 is 1.90 bits per heavy atom. The second-order valence-electron chi connectivity index (χ2n) is 5.15. The molecule has 1 rings (SSSR count). The predicted molar refractivity (Wildman–Crippen MR) is 83.7 cm³/mol. The number of primary sulfonamides is 1. The maximum Gasteiger partial charge on any atom is 0.253 e. The molecule has 0 spiro atoms. The summed E-state index contributed by atoms with van der Waals surface area (Å²) in [7, 11) is -2.09. The maximum atomic E-state index is 12.3. The molecular formula is C15H24N2O3S.